The van der Waals surface area contributed by atoms with Gasteiger partial charge >= 0.3 is 0 Å². The highest BCUT2D eigenvalue weighted by Gasteiger charge is 2.45. The quantitative estimate of drug-likeness (QED) is 0.327. The molecule has 33 heavy (non-hydrogen) atoms. The van der Waals surface area contributed by atoms with E-state index in [2.05, 4.69) is 36.6 Å². The Morgan fingerprint density at radius 2 is 1.88 bits per heavy atom. The highest BCUT2D eigenvalue weighted by molar-refractivity contribution is 6.30. The number of halogens is 2. The first-order valence-electron chi connectivity index (χ1n) is 12.0. The maximum absolute atomic E-state index is 13.9. The van der Waals surface area contributed by atoms with Gasteiger partial charge in [0, 0.05) is 28.5 Å². The molecule has 2 fully saturated rings. The van der Waals surface area contributed by atoms with E-state index >= 15 is 0 Å². The molecule has 2 aromatic carbocycles. The normalized spacial score (nSPS) is 24.0. The van der Waals surface area contributed by atoms with Crippen LogP contribution in [0.15, 0.2) is 61.2 Å². The van der Waals surface area contributed by atoms with Crippen LogP contribution in [0, 0.1) is 11.8 Å². The molecule has 0 radical (unpaired) electrons. The van der Waals surface area contributed by atoms with Gasteiger partial charge in [-0.1, -0.05) is 60.5 Å². The second-order valence-electron chi connectivity index (χ2n) is 9.40. The molecule has 1 saturated carbocycles. The number of benzene rings is 2. The minimum Gasteiger partial charge on any atom is -0.379 e. The van der Waals surface area contributed by atoms with Gasteiger partial charge in [0.2, 0.25) is 5.91 Å². The Kier molecular flexibility index (Phi) is 8.16. The van der Waals surface area contributed by atoms with E-state index in [9.17, 15) is 4.79 Å². The topological polar surface area (TPSA) is 29.5 Å². The van der Waals surface area contributed by atoms with Crippen LogP contribution in [0.25, 0.3) is 0 Å². The van der Waals surface area contributed by atoms with Crippen molar-refractivity contribution < 1.29 is 9.53 Å². The predicted octanol–water partition coefficient (Wildman–Crippen LogP) is 7.45. The first-order valence-corrected chi connectivity index (χ1v) is 12.8. The largest absolute Gasteiger partial charge is 0.379 e. The van der Waals surface area contributed by atoms with Gasteiger partial charge in [0.25, 0.3) is 0 Å². The third-order valence-corrected chi connectivity index (χ3v) is 7.47. The lowest BCUT2D eigenvalue weighted by molar-refractivity contribution is -0.148. The van der Waals surface area contributed by atoms with Gasteiger partial charge in [-0.25, -0.2) is 0 Å². The van der Waals surface area contributed by atoms with Gasteiger partial charge in [-0.15, -0.1) is 6.58 Å². The van der Waals surface area contributed by atoms with Crippen LogP contribution in [-0.2, 0) is 9.53 Å². The van der Waals surface area contributed by atoms with E-state index < -0.39 is 0 Å². The van der Waals surface area contributed by atoms with Gasteiger partial charge in [-0.05, 0) is 73.4 Å². The summed E-state index contributed by atoms with van der Waals surface area (Å²) in [6.45, 7) is 7.42. The second-order valence-corrected chi connectivity index (χ2v) is 10.3. The fourth-order valence-electron chi connectivity index (χ4n) is 5.04. The van der Waals surface area contributed by atoms with Crippen LogP contribution in [0.4, 0.5) is 0 Å². The predicted molar refractivity (Wildman–Crippen MR) is 136 cm³/mol. The van der Waals surface area contributed by atoms with E-state index in [1.54, 1.807) is 0 Å². The van der Waals surface area contributed by atoms with E-state index in [0.717, 1.165) is 30.6 Å². The van der Waals surface area contributed by atoms with Crippen LogP contribution in [0.1, 0.15) is 62.1 Å². The molecule has 4 rings (SSSR count). The maximum Gasteiger partial charge on any atom is 0.226 e. The van der Waals surface area contributed by atoms with E-state index in [0.29, 0.717) is 29.0 Å². The summed E-state index contributed by atoms with van der Waals surface area (Å²) in [5.74, 6) is 0.895. The number of carbonyl (C=O) groups is 1. The molecule has 3 nitrogen and oxygen atoms in total. The summed E-state index contributed by atoms with van der Waals surface area (Å²) >= 11 is 12.6. The number of likely N-dealkylation sites (tertiary alicyclic amines) is 1. The van der Waals surface area contributed by atoms with Crippen LogP contribution in [0.5, 0.6) is 0 Å². The lowest BCUT2D eigenvalue weighted by Gasteiger charge is -2.48. The molecule has 176 valence electrons. The SMILES string of the molecule is C=CC[C@H]1CC(c2cccc(Cl)c2)[C@@H](c2ccc(Cl)cc2)N(C(CC)COCC2CC2)C1=O. The summed E-state index contributed by atoms with van der Waals surface area (Å²) in [6.07, 6.45) is 6.64. The summed E-state index contributed by atoms with van der Waals surface area (Å²) in [5, 5.41) is 1.40. The van der Waals surface area contributed by atoms with Gasteiger partial charge in [0.1, 0.15) is 0 Å². The Morgan fingerprint density at radius 1 is 1.12 bits per heavy atom. The van der Waals surface area contributed by atoms with Crippen molar-refractivity contribution >= 4 is 29.1 Å². The molecule has 1 amide bonds. The highest BCUT2D eigenvalue weighted by Crippen LogP contribution is 2.47. The van der Waals surface area contributed by atoms with Crippen molar-refractivity contribution in [2.75, 3.05) is 13.2 Å². The molecule has 1 heterocycles. The number of hydrogen-bond donors (Lipinski definition) is 0. The molecule has 2 aromatic rings. The van der Waals surface area contributed by atoms with Gasteiger partial charge in [0.15, 0.2) is 0 Å². The molecule has 1 aliphatic carbocycles. The third-order valence-electron chi connectivity index (χ3n) is 6.99. The van der Waals surface area contributed by atoms with Gasteiger partial charge in [-0.2, -0.15) is 0 Å². The number of piperidine rings is 1. The van der Waals surface area contributed by atoms with E-state index in [1.165, 1.54) is 12.8 Å². The maximum atomic E-state index is 13.9. The summed E-state index contributed by atoms with van der Waals surface area (Å²) in [4.78, 5) is 16.0. The Balaban J connectivity index is 1.75. The number of allylic oxidation sites excluding steroid dienone is 1. The summed E-state index contributed by atoms with van der Waals surface area (Å²) < 4.78 is 6.11. The third kappa shape index (κ3) is 5.82. The Morgan fingerprint density at radius 3 is 2.52 bits per heavy atom. The van der Waals surface area contributed by atoms with Crippen molar-refractivity contribution in [2.45, 2.75) is 57.0 Å². The van der Waals surface area contributed by atoms with Crippen molar-refractivity contribution in [3.8, 4) is 0 Å². The van der Waals surface area contributed by atoms with E-state index in [-0.39, 0.29) is 29.8 Å². The number of nitrogens with zero attached hydrogens (tertiary/aromatic N) is 1. The molecule has 0 N–H and O–H groups in total. The summed E-state index contributed by atoms with van der Waals surface area (Å²) in [5.41, 5.74) is 2.25. The molecular formula is C28H33Cl2NO2. The monoisotopic (exact) mass is 485 g/mol. The van der Waals surface area contributed by atoms with Crippen LogP contribution in [0.3, 0.4) is 0 Å². The number of ether oxygens (including phenoxy) is 1. The van der Waals surface area contributed by atoms with Crippen molar-refractivity contribution in [3.05, 3.63) is 82.4 Å². The zero-order valence-corrected chi connectivity index (χ0v) is 20.8. The molecule has 1 aliphatic heterocycles. The van der Waals surface area contributed by atoms with Crippen molar-refractivity contribution in [1.29, 1.82) is 0 Å². The number of amides is 1. The first kappa shape index (κ1) is 24.3. The number of carbonyl (C=O) groups excluding carboxylic acids is 1. The second kappa shape index (κ2) is 11.1. The lowest BCUT2D eigenvalue weighted by Crippen LogP contribution is -2.52. The molecule has 0 aromatic heterocycles. The molecule has 0 bridgehead atoms. The smallest absolute Gasteiger partial charge is 0.226 e. The molecule has 4 atom stereocenters. The minimum atomic E-state index is -0.108. The number of hydrogen-bond acceptors (Lipinski definition) is 2. The summed E-state index contributed by atoms with van der Waals surface area (Å²) in [7, 11) is 0. The molecule has 0 spiro atoms. The fourth-order valence-corrected chi connectivity index (χ4v) is 5.37. The van der Waals surface area contributed by atoms with Crippen LogP contribution in [0.2, 0.25) is 10.0 Å². The lowest BCUT2D eigenvalue weighted by atomic mass is 9.74. The van der Waals surface area contributed by atoms with Crippen molar-refractivity contribution in [2.24, 2.45) is 11.8 Å². The van der Waals surface area contributed by atoms with Gasteiger partial charge in [0.05, 0.1) is 18.7 Å². The first-order chi connectivity index (χ1) is 16.0. The van der Waals surface area contributed by atoms with Crippen LogP contribution in [-0.4, -0.2) is 30.1 Å². The van der Waals surface area contributed by atoms with E-state index in [1.807, 2.05) is 36.4 Å². The Bertz CT molecular complexity index is 957. The Hall–Kier alpha value is -1.81. The molecule has 2 aliphatic rings. The Labute approximate surface area is 207 Å². The summed E-state index contributed by atoms with van der Waals surface area (Å²) in [6, 6.07) is 15.9. The molecular weight excluding hydrogens is 453 g/mol. The average molecular weight is 486 g/mol. The zero-order valence-electron chi connectivity index (χ0n) is 19.3. The standard InChI is InChI=1S/C28H33Cl2NO2/c1-3-6-22-16-26(21-7-5-8-24(30)15-21)27(20-11-13-23(29)14-12-20)31(28(22)32)25(4-2)18-33-17-19-9-10-19/h3,5,7-8,11-15,19,22,25-27H,1,4,6,9-10,16-18H2,2H3/t22-,25?,26?,27+/m0/s1. The molecule has 2 unspecified atom stereocenters. The van der Waals surface area contributed by atoms with Gasteiger partial charge < -0.3 is 9.64 Å². The van der Waals surface area contributed by atoms with Crippen LogP contribution < -0.4 is 0 Å². The van der Waals surface area contributed by atoms with Crippen molar-refractivity contribution in [3.63, 3.8) is 0 Å². The highest BCUT2D eigenvalue weighted by atomic mass is 35.5. The van der Waals surface area contributed by atoms with Gasteiger partial charge in [-0.3, -0.25) is 4.79 Å². The van der Waals surface area contributed by atoms with Crippen LogP contribution >= 0.6 is 23.2 Å². The van der Waals surface area contributed by atoms with Crippen molar-refractivity contribution in [1.82, 2.24) is 4.90 Å². The zero-order chi connectivity index (χ0) is 23.4. The van der Waals surface area contributed by atoms with E-state index in [4.69, 9.17) is 27.9 Å². The fraction of sp³-hybridized carbons (Fsp3) is 0.464. The number of rotatable bonds is 10. The minimum absolute atomic E-state index is 0.00577. The molecule has 5 heteroatoms. The average Bonchev–Trinajstić information content (AvgIpc) is 3.63. The molecule has 1 saturated heterocycles.